The highest BCUT2D eigenvalue weighted by molar-refractivity contribution is 5.04. The van der Waals surface area contributed by atoms with Gasteiger partial charge in [0.05, 0.1) is 18.1 Å². The van der Waals surface area contributed by atoms with E-state index >= 15 is 0 Å². The molecule has 1 saturated heterocycles. The van der Waals surface area contributed by atoms with Crippen LogP contribution in [0.2, 0.25) is 0 Å². The molecule has 2 heterocycles. The molecular weight excluding hydrogens is 292 g/mol. The third-order valence-corrected chi connectivity index (χ3v) is 5.17. The summed E-state index contributed by atoms with van der Waals surface area (Å²) in [6.45, 7) is 10.1. The number of nitrogens with zero attached hydrogens (tertiary/aromatic N) is 2. The molecule has 1 saturated carbocycles. The van der Waals surface area contributed by atoms with Crippen LogP contribution in [0.25, 0.3) is 0 Å². The minimum Gasteiger partial charge on any atom is -0.377 e. The molecule has 0 spiro atoms. The van der Waals surface area contributed by atoms with Crippen molar-refractivity contribution in [3.05, 3.63) is 11.7 Å². The number of aromatic nitrogens is 2. The Labute approximate surface area is 139 Å². The van der Waals surface area contributed by atoms with E-state index < -0.39 is 0 Å². The fourth-order valence-electron chi connectivity index (χ4n) is 3.77. The van der Waals surface area contributed by atoms with Crippen molar-refractivity contribution >= 4 is 0 Å². The summed E-state index contributed by atoms with van der Waals surface area (Å²) in [4.78, 5) is 4.57. The van der Waals surface area contributed by atoms with Crippen LogP contribution < -0.4 is 0 Å². The van der Waals surface area contributed by atoms with Crippen molar-refractivity contribution in [2.75, 3.05) is 6.61 Å². The number of hydrogen-bond donors (Lipinski definition) is 0. The quantitative estimate of drug-likeness (QED) is 0.836. The molecule has 0 amide bonds. The maximum atomic E-state index is 5.96. The fourth-order valence-corrected chi connectivity index (χ4v) is 3.77. The minimum absolute atomic E-state index is 0.0806. The van der Waals surface area contributed by atoms with Gasteiger partial charge in [-0.3, -0.25) is 0 Å². The minimum atomic E-state index is 0.0806. The van der Waals surface area contributed by atoms with Crippen LogP contribution in [0.5, 0.6) is 0 Å². The van der Waals surface area contributed by atoms with E-state index in [1.165, 1.54) is 12.8 Å². The molecule has 23 heavy (non-hydrogen) atoms. The fraction of sp³-hybridized carbons (Fsp3) is 0.889. The largest absolute Gasteiger partial charge is 0.377 e. The molecule has 2 fully saturated rings. The normalized spacial score (nSPS) is 32.3. The second kappa shape index (κ2) is 6.89. The first-order chi connectivity index (χ1) is 10.9. The second-order valence-electron chi connectivity index (χ2n) is 8.29. The van der Waals surface area contributed by atoms with Crippen molar-refractivity contribution in [2.45, 2.75) is 84.5 Å². The van der Waals surface area contributed by atoms with Gasteiger partial charge in [0.15, 0.2) is 5.82 Å². The standard InChI is InChI=1S/C18H30N2O3/c1-12-5-7-13(8-6-12)22-11-15-19-17(20-23-15)14-9-10-21-16(14)18(2,3)4/h12-14,16H,5-11H2,1-4H3/t12?,13?,14-,16-/m1/s1. The van der Waals surface area contributed by atoms with Gasteiger partial charge in [-0.05, 0) is 43.4 Å². The van der Waals surface area contributed by atoms with Crippen LogP contribution in [-0.4, -0.2) is 29.0 Å². The number of ether oxygens (including phenoxy) is 2. The summed E-state index contributed by atoms with van der Waals surface area (Å²) < 4.78 is 17.3. The van der Waals surface area contributed by atoms with E-state index in [9.17, 15) is 0 Å². The topological polar surface area (TPSA) is 57.4 Å². The average molecular weight is 322 g/mol. The van der Waals surface area contributed by atoms with Gasteiger partial charge in [-0.25, -0.2) is 0 Å². The van der Waals surface area contributed by atoms with Crippen molar-refractivity contribution < 1.29 is 14.0 Å². The molecule has 1 aliphatic carbocycles. The van der Waals surface area contributed by atoms with E-state index in [2.05, 4.69) is 37.8 Å². The van der Waals surface area contributed by atoms with Crippen molar-refractivity contribution in [3.63, 3.8) is 0 Å². The maximum Gasteiger partial charge on any atom is 0.252 e. The summed E-state index contributed by atoms with van der Waals surface area (Å²) in [6, 6.07) is 0. The first-order valence-electron chi connectivity index (χ1n) is 8.99. The van der Waals surface area contributed by atoms with Crippen LogP contribution in [0.1, 0.15) is 77.4 Å². The Bertz CT molecular complexity index is 501. The first-order valence-corrected chi connectivity index (χ1v) is 8.99. The van der Waals surface area contributed by atoms with Gasteiger partial charge in [0.25, 0.3) is 5.89 Å². The molecule has 0 bridgehead atoms. The Morgan fingerprint density at radius 1 is 1.13 bits per heavy atom. The Hall–Kier alpha value is -0.940. The van der Waals surface area contributed by atoms with Gasteiger partial charge in [-0.2, -0.15) is 4.98 Å². The molecule has 0 aromatic carbocycles. The predicted molar refractivity (Wildman–Crippen MR) is 87.1 cm³/mol. The Morgan fingerprint density at radius 3 is 2.57 bits per heavy atom. The number of hydrogen-bond acceptors (Lipinski definition) is 5. The molecule has 130 valence electrons. The summed E-state index contributed by atoms with van der Waals surface area (Å²) in [5.41, 5.74) is 0.0806. The molecule has 2 aliphatic rings. The van der Waals surface area contributed by atoms with Gasteiger partial charge < -0.3 is 14.0 Å². The van der Waals surface area contributed by atoms with Gasteiger partial charge in [0.2, 0.25) is 0 Å². The lowest BCUT2D eigenvalue weighted by Crippen LogP contribution is -2.30. The summed E-state index contributed by atoms with van der Waals surface area (Å²) in [5.74, 6) is 2.43. The lowest BCUT2D eigenvalue weighted by molar-refractivity contribution is -0.00257. The zero-order valence-electron chi connectivity index (χ0n) is 14.9. The monoisotopic (exact) mass is 322 g/mol. The second-order valence-corrected chi connectivity index (χ2v) is 8.29. The van der Waals surface area contributed by atoms with Crippen LogP contribution in [0, 0.1) is 11.3 Å². The summed E-state index contributed by atoms with van der Waals surface area (Å²) in [7, 11) is 0. The van der Waals surface area contributed by atoms with Crippen molar-refractivity contribution in [1.82, 2.24) is 10.1 Å². The third-order valence-electron chi connectivity index (χ3n) is 5.17. The van der Waals surface area contributed by atoms with Gasteiger partial charge in [0, 0.05) is 6.61 Å². The van der Waals surface area contributed by atoms with E-state index in [0.717, 1.165) is 37.6 Å². The summed E-state index contributed by atoms with van der Waals surface area (Å²) in [5, 5.41) is 4.19. The molecule has 1 aromatic rings. The van der Waals surface area contributed by atoms with Crippen LogP contribution >= 0.6 is 0 Å². The average Bonchev–Trinajstić information content (AvgIpc) is 3.15. The Kier molecular flexibility index (Phi) is 5.07. The van der Waals surface area contributed by atoms with Gasteiger partial charge in [-0.15, -0.1) is 0 Å². The Morgan fingerprint density at radius 2 is 1.87 bits per heavy atom. The van der Waals surface area contributed by atoms with Crippen LogP contribution in [0.15, 0.2) is 4.52 Å². The van der Waals surface area contributed by atoms with E-state index in [-0.39, 0.29) is 17.4 Å². The summed E-state index contributed by atoms with van der Waals surface area (Å²) >= 11 is 0. The molecule has 0 N–H and O–H groups in total. The van der Waals surface area contributed by atoms with Crippen molar-refractivity contribution in [2.24, 2.45) is 11.3 Å². The van der Waals surface area contributed by atoms with E-state index in [1.807, 2.05) is 0 Å². The predicted octanol–water partition coefficient (Wildman–Crippen LogP) is 4.08. The molecule has 0 unspecified atom stereocenters. The maximum absolute atomic E-state index is 5.96. The third kappa shape index (κ3) is 4.13. The summed E-state index contributed by atoms with van der Waals surface area (Å²) in [6.07, 6.45) is 6.25. The lowest BCUT2D eigenvalue weighted by atomic mass is 9.81. The van der Waals surface area contributed by atoms with Crippen molar-refractivity contribution in [3.8, 4) is 0 Å². The van der Waals surface area contributed by atoms with E-state index in [0.29, 0.717) is 18.6 Å². The van der Waals surface area contributed by atoms with Gasteiger partial charge >= 0.3 is 0 Å². The lowest BCUT2D eigenvalue weighted by Gasteiger charge is -2.29. The van der Waals surface area contributed by atoms with E-state index in [4.69, 9.17) is 14.0 Å². The SMILES string of the molecule is CC1CCC(OCc2nc([C@@H]3CCO[C@H]3C(C)(C)C)no2)CC1. The molecular formula is C18H30N2O3. The van der Waals surface area contributed by atoms with E-state index in [1.54, 1.807) is 0 Å². The number of rotatable bonds is 4. The molecule has 2 atom stereocenters. The highest BCUT2D eigenvalue weighted by atomic mass is 16.5. The molecule has 5 nitrogen and oxygen atoms in total. The molecule has 1 aromatic heterocycles. The highest BCUT2D eigenvalue weighted by Crippen LogP contribution is 2.39. The first kappa shape index (κ1) is 16.9. The van der Waals surface area contributed by atoms with Crippen molar-refractivity contribution in [1.29, 1.82) is 0 Å². The van der Waals surface area contributed by atoms with Crippen LogP contribution in [0.3, 0.4) is 0 Å². The Balaban J connectivity index is 1.56. The zero-order valence-corrected chi connectivity index (χ0v) is 14.9. The molecule has 0 radical (unpaired) electrons. The van der Waals surface area contributed by atoms with Gasteiger partial charge in [-0.1, -0.05) is 32.9 Å². The van der Waals surface area contributed by atoms with Gasteiger partial charge in [0.1, 0.15) is 6.61 Å². The van der Waals surface area contributed by atoms with Crippen LogP contribution in [0.4, 0.5) is 0 Å². The molecule has 5 heteroatoms. The zero-order chi connectivity index (χ0) is 16.4. The van der Waals surface area contributed by atoms with Crippen LogP contribution in [-0.2, 0) is 16.1 Å². The molecule has 3 rings (SSSR count). The highest BCUT2D eigenvalue weighted by Gasteiger charge is 2.40. The smallest absolute Gasteiger partial charge is 0.252 e. The molecule has 1 aliphatic heterocycles.